The van der Waals surface area contributed by atoms with Crippen LogP contribution >= 0.6 is 11.3 Å². The van der Waals surface area contributed by atoms with Crippen LogP contribution in [0.15, 0.2) is 42.6 Å². The van der Waals surface area contributed by atoms with Crippen LogP contribution < -0.4 is 0 Å². The van der Waals surface area contributed by atoms with Crippen molar-refractivity contribution in [2.75, 3.05) is 0 Å². The first-order valence-electron chi connectivity index (χ1n) is 6.30. The normalized spacial score (nSPS) is 11.4. The van der Waals surface area contributed by atoms with Gasteiger partial charge in [-0.1, -0.05) is 38.1 Å². The quantitative estimate of drug-likeness (QED) is 0.622. The van der Waals surface area contributed by atoms with E-state index in [9.17, 15) is 4.39 Å². The first kappa shape index (κ1) is 12.3. The summed E-state index contributed by atoms with van der Waals surface area (Å²) >= 11 is 1.68. The summed E-state index contributed by atoms with van der Waals surface area (Å²) < 4.78 is 13.8. The Bertz CT molecular complexity index is 730. The zero-order valence-corrected chi connectivity index (χ0v) is 11.7. The van der Waals surface area contributed by atoms with E-state index in [1.54, 1.807) is 11.3 Å². The molecule has 0 aliphatic heterocycles. The van der Waals surface area contributed by atoms with Crippen molar-refractivity contribution in [2.45, 2.75) is 19.8 Å². The summed E-state index contributed by atoms with van der Waals surface area (Å²) in [6, 6.07) is 10.9. The standard InChI is InChI=1S/C16H14FNS/c1-10(2)15-9-18-16(19-15)13-7-8-14(17)12-6-4-3-5-11(12)13/h3-10H,1-2H3. The summed E-state index contributed by atoms with van der Waals surface area (Å²) in [5, 5.41) is 2.54. The van der Waals surface area contributed by atoms with Crippen LogP contribution in [0.25, 0.3) is 21.3 Å². The van der Waals surface area contributed by atoms with Gasteiger partial charge in [-0.15, -0.1) is 11.3 Å². The second-order valence-corrected chi connectivity index (χ2v) is 5.93. The number of fused-ring (bicyclic) bond motifs is 1. The molecule has 1 nitrogen and oxygen atoms in total. The van der Waals surface area contributed by atoms with Crippen molar-refractivity contribution in [1.29, 1.82) is 0 Å². The molecule has 0 spiro atoms. The minimum Gasteiger partial charge on any atom is -0.244 e. The molecule has 0 amide bonds. The van der Waals surface area contributed by atoms with Gasteiger partial charge in [0.15, 0.2) is 0 Å². The Morgan fingerprint density at radius 1 is 1.05 bits per heavy atom. The molecule has 19 heavy (non-hydrogen) atoms. The second kappa shape index (κ2) is 4.74. The summed E-state index contributed by atoms with van der Waals surface area (Å²) in [4.78, 5) is 5.74. The van der Waals surface area contributed by atoms with Crippen LogP contribution in [0, 0.1) is 5.82 Å². The molecule has 0 saturated heterocycles. The molecule has 1 aromatic heterocycles. The van der Waals surface area contributed by atoms with E-state index in [0.717, 1.165) is 16.0 Å². The van der Waals surface area contributed by atoms with Crippen LogP contribution in [-0.4, -0.2) is 4.98 Å². The highest BCUT2D eigenvalue weighted by Gasteiger charge is 2.11. The zero-order valence-electron chi connectivity index (χ0n) is 10.9. The third-order valence-electron chi connectivity index (χ3n) is 3.19. The van der Waals surface area contributed by atoms with Gasteiger partial charge < -0.3 is 0 Å². The van der Waals surface area contributed by atoms with Gasteiger partial charge in [-0.05, 0) is 23.4 Å². The minimum absolute atomic E-state index is 0.181. The third kappa shape index (κ3) is 2.15. The molecule has 3 heteroatoms. The van der Waals surface area contributed by atoms with Gasteiger partial charge in [0.25, 0.3) is 0 Å². The van der Waals surface area contributed by atoms with Gasteiger partial charge in [-0.25, -0.2) is 9.37 Å². The number of benzene rings is 2. The topological polar surface area (TPSA) is 12.9 Å². The van der Waals surface area contributed by atoms with Gasteiger partial charge in [-0.2, -0.15) is 0 Å². The van der Waals surface area contributed by atoms with Crippen LogP contribution in [0.2, 0.25) is 0 Å². The fourth-order valence-corrected chi connectivity index (χ4v) is 3.08. The van der Waals surface area contributed by atoms with Crippen molar-refractivity contribution in [2.24, 2.45) is 0 Å². The van der Waals surface area contributed by atoms with E-state index in [4.69, 9.17) is 0 Å². The van der Waals surface area contributed by atoms with Crippen LogP contribution in [-0.2, 0) is 0 Å². The Balaban J connectivity index is 2.22. The molecule has 0 bridgehead atoms. The van der Waals surface area contributed by atoms with Crippen molar-refractivity contribution < 1.29 is 4.39 Å². The monoisotopic (exact) mass is 271 g/mol. The summed E-state index contributed by atoms with van der Waals surface area (Å²) in [6.07, 6.45) is 1.92. The van der Waals surface area contributed by atoms with E-state index in [0.29, 0.717) is 11.3 Å². The van der Waals surface area contributed by atoms with Crippen molar-refractivity contribution in [3.8, 4) is 10.6 Å². The smallest absolute Gasteiger partial charge is 0.131 e. The van der Waals surface area contributed by atoms with Gasteiger partial charge in [0.1, 0.15) is 10.8 Å². The predicted molar refractivity (Wildman–Crippen MR) is 79.1 cm³/mol. The van der Waals surface area contributed by atoms with Gasteiger partial charge in [0, 0.05) is 22.0 Å². The zero-order chi connectivity index (χ0) is 13.4. The van der Waals surface area contributed by atoms with E-state index < -0.39 is 0 Å². The highest BCUT2D eigenvalue weighted by molar-refractivity contribution is 7.15. The maximum Gasteiger partial charge on any atom is 0.131 e. The number of aromatic nitrogens is 1. The molecule has 96 valence electrons. The first-order valence-corrected chi connectivity index (χ1v) is 7.12. The van der Waals surface area contributed by atoms with Crippen molar-refractivity contribution in [1.82, 2.24) is 4.98 Å². The van der Waals surface area contributed by atoms with E-state index in [1.165, 1.54) is 10.9 Å². The van der Waals surface area contributed by atoms with Crippen molar-refractivity contribution >= 4 is 22.1 Å². The Morgan fingerprint density at radius 3 is 2.47 bits per heavy atom. The lowest BCUT2D eigenvalue weighted by atomic mass is 10.0. The molecule has 0 aliphatic carbocycles. The van der Waals surface area contributed by atoms with E-state index in [-0.39, 0.29) is 5.82 Å². The van der Waals surface area contributed by atoms with Crippen LogP contribution in [0.4, 0.5) is 4.39 Å². The lowest BCUT2D eigenvalue weighted by molar-refractivity contribution is 0.640. The Hall–Kier alpha value is -1.74. The lowest BCUT2D eigenvalue weighted by Crippen LogP contribution is -1.83. The first-order chi connectivity index (χ1) is 9.16. The molecule has 0 unspecified atom stereocenters. The largest absolute Gasteiger partial charge is 0.244 e. The Morgan fingerprint density at radius 2 is 1.79 bits per heavy atom. The Kier molecular flexibility index (Phi) is 3.07. The van der Waals surface area contributed by atoms with Crippen LogP contribution in [0.1, 0.15) is 24.6 Å². The average Bonchev–Trinajstić information content (AvgIpc) is 2.89. The highest BCUT2D eigenvalue weighted by atomic mass is 32.1. The molecule has 3 rings (SSSR count). The van der Waals surface area contributed by atoms with Crippen LogP contribution in [0.5, 0.6) is 0 Å². The highest BCUT2D eigenvalue weighted by Crippen LogP contribution is 2.34. The minimum atomic E-state index is -0.181. The molecule has 0 saturated carbocycles. The third-order valence-corrected chi connectivity index (χ3v) is 4.53. The van der Waals surface area contributed by atoms with Crippen LogP contribution in [0.3, 0.4) is 0 Å². The van der Waals surface area contributed by atoms with Gasteiger partial charge in [-0.3, -0.25) is 0 Å². The van der Waals surface area contributed by atoms with Gasteiger partial charge in [0.2, 0.25) is 0 Å². The molecule has 1 heterocycles. The van der Waals surface area contributed by atoms with Crippen molar-refractivity contribution in [3.05, 3.63) is 53.3 Å². The average molecular weight is 271 g/mol. The van der Waals surface area contributed by atoms with Crippen molar-refractivity contribution in [3.63, 3.8) is 0 Å². The molecule has 3 aromatic rings. The molecule has 0 aliphatic rings. The molecule has 0 atom stereocenters. The second-order valence-electron chi connectivity index (χ2n) is 4.86. The summed E-state index contributed by atoms with van der Waals surface area (Å²) in [5.74, 6) is 0.290. The van der Waals surface area contributed by atoms with E-state index in [2.05, 4.69) is 18.8 Å². The molecule has 0 N–H and O–H groups in total. The van der Waals surface area contributed by atoms with E-state index in [1.807, 2.05) is 36.5 Å². The fraction of sp³-hybridized carbons (Fsp3) is 0.188. The number of hydrogen-bond donors (Lipinski definition) is 0. The predicted octanol–water partition coefficient (Wildman–Crippen LogP) is 5.23. The number of hydrogen-bond acceptors (Lipinski definition) is 2. The molecular weight excluding hydrogens is 257 g/mol. The number of nitrogens with zero attached hydrogens (tertiary/aromatic N) is 1. The maximum atomic E-state index is 13.8. The fourth-order valence-electron chi connectivity index (χ4n) is 2.13. The number of halogens is 1. The molecule has 0 radical (unpaired) electrons. The Labute approximate surface area is 115 Å². The molecular formula is C16H14FNS. The SMILES string of the molecule is CC(C)c1cnc(-c2ccc(F)c3ccccc23)s1. The van der Waals surface area contributed by atoms with Gasteiger partial charge in [0.05, 0.1) is 0 Å². The number of thiazole rings is 1. The lowest BCUT2D eigenvalue weighted by Gasteiger charge is -2.04. The molecule has 0 fully saturated rings. The molecule has 2 aromatic carbocycles. The summed E-state index contributed by atoms with van der Waals surface area (Å²) in [5.41, 5.74) is 1.01. The maximum absolute atomic E-state index is 13.8. The number of rotatable bonds is 2. The van der Waals surface area contributed by atoms with E-state index >= 15 is 0 Å². The summed E-state index contributed by atoms with van der Waals surface area (Å²) in [6.45, 7) is 4.31. The van der Waals surface area contributed by atoms with Gasteiger partial charge >= 0.3 is 0 Å². The summed E-state index contributed by atoms with van der Waals surface area (Å²) in [7, 11) is 0.